The zero-order valence-corrected chi connectivity index (χ0v) is 17.0. The van der Waals surface area contributed by atoms with Crippen LogP contribution in [0.5, 0.6) is 0 Å². The summed E-state index contributed by atoms with van der Waals surface area (Å²) < 4.78 is 70.9. The van der Waals surface area contributed by atoms with Crippen molar-refractivity contribution in [1.82, 2.24) is 9.29 Å². The molecule has 0 spiro atoms. The topological polar surface area (TPSA) is 71.5 Å². The van der Waals surface area contributed by atoms with Crippen molar-refractivity contribution < 1.29 is 26.3 Å². The van der Waals surface area contributed by atoms with Crippen molar-refractivity contribution in [3.63, 3.8) is 0 Å². The number of morpholine rings is 1. The third kappa shape index (κ3) is 4.30. The van der Waals surface area contributed by atoms with E-state index in [4.69, 9.17) is 4.74 Å². The predicted octanol–water partition coefficient (Wildman–Crippen LogP) is 3.27. The number of rotatable bonds is 6. The zero-order valence-electron chi connectivity index (χ0n) is 16.2. The summed E-state index contributed by atoms with van der Waals surface area (Å²) in [5.74, 6) is 0.481. The molecule has 1 saturated heterocycles. The minimum atomic E-state index is -4.37. The number of pyridine rings is 1. The fourth-order valence-corrected chi connectivity index (χ4v) is 4.93. The van der Waals surface area contributed by atoms with Gasteiger partial charge in [-0.1, -0.05) is 18.2 Å². The summed E-state index contributed by atoms with van der Waals surface area (Å²) in [5.41, 5.74) is -0.361. The normalized spacial score (nSPS) is 19.4. The molecule has 2 aliphatic rings. The number of sulfonamides is 1. The van der Waals surface area contributed by atoms with Crippen LogP contribution >= 0.6 is 0 Å². The van der Waals surface area contributed by atoms with Crippen LogP contribution in [-0.2, 0) is 26.4 Å². The molecular weight excluding hydrogens is 419 g/mol. The van der Waals surface area contributed by atoms with Crippen LogP contribution in [0.3, 0.4) is 0 Å². The molecule has 1 aliphatic heterocycles. The van der Waals surface area contributed by atoms with Gasteiger partial charge in [0.1, 0.15) is 10.7 Å². The lowest BCUT2D eigenvalue weighted by atomic mass is 9.94. The molecule has 1 aromatic carbocycles. The highest BCUT2D eigenvalue weighted by Gasteiger charge is 2.45. The number of hydrogen-bond acceptors (Lipinski definition) is 5. The van der Waals surface area contributed by atoms with E-state index in [1.54, 1.807) is 12.1 Å². The quantitative estimate of drug-likeness (QED) is 0.745. The van der Waals surface area contributed by atoms with E-state index in [0.29, 0.717) is 44.2 Å². The number of ether oxygens (including phenoxy) is 1. The number of benzene rings is 1. The Morgan fingerprint density at radius 2 is 1.87 bits per heavy atom. The summed E-state index contributed by atoms with van der Waals surface area (Å²) in [6.07, 6.45) is -1.50. The largest absolute Gasteiger partial charge is 0.416 e. The first-order valence-electron chi connectivity index (χ1n) is 9.66. The molecule has 0 amide bonds. The SMILES string of the molecule is O=S(=O)(c1ccc(NCC2(c3cccc(C(F)(F)F)c3)CC2)nc1)N1CCOCC1. The van der Waals surface area contributed by atoms with Crippen LogP contribution in [0.15, 0.2) is 47.5 Å². The Bertz CT molecular complexity index is 1000. The maximum Gasteiger partial charge on any atom is 0.416 e. The number of nitrogens with one attached hydrogen (secondary N) is 1. The lowest BCUT2D eigenvalue weighted by Gasteiger charge is -2.26. The van der Waals surface area contributed by atoms with Gasteiger partial charge in [0.05, 0.1) is 18.8 Å². The fraction of sp³-hybridized carbons (Fsp3) is 0.450. The van der Waals surface area contributed by atoms with Gasteiger partial charge in [-0.3, -0.25) is 0 Å². The molecule has 2 fully saturated rings. The summed E-state index contributed by atoms with van der Waals surface area (Å²) in [7, 11) is -3.62. The van der Waals surface area contributed by atoms with Crippen LogP contribution in [-0.4, -0.2) is 50.6 Å². The second-order valence-electron chi connectivity index (χ2n) is 7.61. The van der Waals surface area contributed by atoms with Crippen LogP contribution in [0, 0.1) is 0 Å². The number of hydrogen-bond donors (Lipinski definition) is 1. The Labute approximate surface area is 173 Å². The number of anilines is 1. The van der Waals surface area contributed by atoms with E-state index < -0.39 is 21.8 Å². The van der Waals surface area contributed by atoms with Gasteiger partial charge in [0.2, 0.25) is 10.0 Å². The summed E-state index contributed by atoms with van der Waals surface area (Å²) >= 11 is 0. The van der Waals surface area contributed by atoms with E-state index in [9.17, 15) is 21.6 Å². The molecule has 0 bridgehead atoms. The second kappa shape index (κ2) is 7.82. The van der Waals surface area contributed by atoms with Crippen molar-refractivity contribution in [2.75, 3.05) is 38.2 Å². The van der Waals surface area contributed by atoms with Crippen molar-refractivity contribution in [1.29, 1.82) is 0 Å². The fourth-order valence-electron chi connectivity index (χ4n) is 3.58. The molecule has 1 N–H and O–H groups in total. The average molecular weight is 441 g/mol. The average Bonchev–Trinajstić information content (AvgIpc) is 3.54. The van der Waals surface area contributed by atoms with Crippen LogP contribution in [0.2, 0.25) is 0 Å². The molecule has 162 valence electrons. The van der Waals surface area contributed by atoms with Crippen LogP contribution in [0.25, 0.3) is 0 Å². The maximum absolute atomic E-state index is 13.0. The van der Waals surface area contributed by atoms with Gasteiger partial charge in [-0.25, -0.2) is 13.4 Å². The highest BCUT2D eigenvalue weighted by molar-refractivity contribution is 7.89. The highest BCUT2D eigenvalue weighted by Crippen LogP contribution is 2.49. The molecule has 10 heteroatoms. The minimum absolute atomic E-state index is 0.106. The summed E-state index contributed by atoms with van der Waals surface area (Å²) in [6, 6.07) is 8.50. The van der Waals surface area contributed by atoms with E-state index in [1.807, 2.05) is 0 Å². The molecule has 1 aliphatic carbocycles. The molecule has 30 heavy (non-hydrogen) atoms. The van der Waals surface area contributed by atoms with Crippen molar-refractivity contribution >= 4 is 15.8 Å². The summed E-state index contributed by atoms with van der Waals surface area (Å²) in [6.45, 7) is 1.77. The van der Waals surface area contributed by atoms with Crippen molar-refractivity contribution in [2.24, 2.45) is 0 Å². The maximum atomic E-state index is 13.0. The van der Waals surface area contributed by atoms with Gasteiger partial charge in [0, 0.05) is 31.2 Å². The number of halogens is 3. The Hall–Kier alpha value is -2.17. The first-order valence-corrected chi connectivity index (χ1v) is 11.1. The van der Waals surface area contributed by atoms with E-state index in [-0.39, 0.29) is 10.3 Å². The lowest BCUT2D eigenvalue weighted by Crippen LogP contribution is -2.40. The van der Waals surface area contributed by atoms with E-state index >= 15 is 0 Å². The molecule has 0 radical (unpaired) electrons. The summed E-state index contributed by atoms with van der Waals surface area (Å²) in [5, 5.41) is 3.14. The highest BCUT2D eigenvalue weighted by atomic mass is 32.2. The monoisotopic (exact) mass is 441 g/mol. The first-order chi connectivity index (χ1) is 14.2. The zero-order chi connectivity index (χ0) is 21.4. The van der Waals surface area contributed by atoms with Gasteiger partial charge in [-0.2, -0.15) is 17.5 Å². The molecule has 2 aromatic rings. The standard InChI is InChI=1S/C20H22F3N3O3S/c21-20(22,23)16-3-1-2-15(12-16)19(6-7-19)14-25-18-5-4-17(13-24-18)30(27,28)26-8-10-29-11-9-26/h1-5,12-13H,6-11,14H2,(H,24,25). The Morgan fingerprint density at radius 1 is 1.13 bits per heavy atom. The van der Waals surface area contributed by atoms with Gasteiger partial charge >= 0.3 is 6.18 Å². The molecule has 0 atom stereocenters. The number of alkyl halides is 3. The third-order valence-electron chi connectivity index (χ3n) is 5.61. The van der Waals surface area contributed by atoms with Gasteiger partial charge in [0.15, 0.2) is 0 Å². The van der Waals surface area contributed by atoms with Gasteiger partial charge in [-0.05, 0) is 36.6 Å². The van der Waals surface area contributed by atoms with Gasteiger partial charge < -0.3 is 10.1 Å². The molecule has 1 aromatic heterocycles. The van der Waals surface area contributed by atoms with Gasteiger partial charge in [-0.15, -0.1) is 0 Å². The van der Waals surface area contributed by atoms with Crippen LogP contribution < -0.4 is 5.32 Å². The second-order valence-corrected chi connectivity index (χ2v) is 9.55. The molecule has 0 unspecified atom stereocenters. The minimum Gasteiger partial charge on any atom is -0.379 e. The Kier molecular flexibility index (Phi) is 5.50. The van der Waals surface area contributed by atoms with Crippen LogP contribution in [0.4, 0.5) is 19.0 Å². The Balaban J connectivity index is 1.43. The molecule has 6 nitrogen and oxygen atoms in total. The smallest absolute Gasteiger partial charge is 0.379 e. The van der Waals surface area contributed by atoms with Gasteiger partial charge in [0.25, 0.3) is 0 Å². The predicted molar refractivity (Wildman–Crippen MR) is 105 cm³/mol. The Morgan fingerprint density at radius 3 is 2.47 bits per heavy atom. The van der Waals surface area contributed by atoms with Crippen molar-refractivity contribution in [3.05, 3.63) is 53.7 Å². The molecule has 1 saturated carbocycles. The molecule has 2 heterocycles. The van der Waals surface area contributed by atoms with E-state index in [0.717, 1.165) is 18.9 Å². The van der Waals surface area contributed by atoms with Crippen molar-refractivity contribution in [3.8, 4) is 0 Å². The third-order valence-corrected chi connectivity index (χ3v) is 7.49. The lowest BCUT2D eigenvalue weighted by molar-refractivity contribution is -0.137. The number of aromatic nitrogens is 1. The first kappa shape index (κ1) is 21.1. The van der Waals surface area contributed by atoms with E-state index in [2.05, 4.69) is 10.3 Å². The molecule has 4 rings (SSSR count). The molecular formula is C20H22F3N3O3S. The van der Waals surface area contributed by atoms with E-state index in [1.165, 1.54) is 28.7 Å². The van der Waals surface area contributed by atoms with Crippen LogP contribution in [0.1, 0.15) is 24.0 Å². The van der Waals surface area contributed by atoms with Crippen molar-refractivity contribution in [2.45, 2.75) is 29.3 Å². The number of nitrogens with zero attached hydrogens (tertiary/aromatic N) is 2. The summed E-state index contributed by atoms with van der Waals surface area (Å²) in [4.78, 5) is 4.30.